The summed E-state index contributed by atoms with van der Waals surface area (Å²) in [5, 5.41) is 10.2. The smallest absolute Gasteiger partial charge is 0.0547 e. The van der Waals surface area contributed by atoms with Crippen LogP contribution in [0.15, 0.2) is 0 Å². The molecule has 0 aromatic carbocycles. The molecule has 0 spiro atoms. The largest absolute Gasteiger partial charge is 0.393 e. The van der Waals surface area contributed by atoms with Crippen LogP contribution >= 0.6 is 0 Å². The third-order valence-corrected chi connectivity index (χ3v) is 6.45. The maximum absolute atomic E-state index is 10.2. The molecule has 2 heteroatoms. The highest BCUT2D eigenvalue weighted by atomic mass is 16.5. The topological polar surface area (TPSA) is 29.5 Å². The molecular weight excluding hydrogens is 368 g/mol. The molecule has 0 fully saturated rings. The summed E-state index contributed by atoms with van der Waals surface area (Å²) in [5.74, 6) is 0. The lowest BCUT2D eigenvalue weighted by Gasteiger charge is -2.16. The lowest BCUT2D eigenvalue weighted by atomic mass is 10.0. The Morgan fingerprint density at radius 1 is 0.500 bits per heavy atom. The molecule has 0 rings (SSSR count). The molecular formula is C28H58O2. The summed E-state index contributed by atoms with van der Waals surface area (Å²) in [6.45, 7) is 7.62. The molecule has 2 nitrogen and oxygen atoms in total. The molecule has 30 heavy (non-hydrogen) atoms. The van der Waals surface area contributed by atoms with Crippen LogP contribution in [0.3, 0.4) is 0 Å². The minimum Gasteiger partial charge on any atom is -0.393 e. The highest BCUT2D eigenvalue weighted by Crippen LogP contribution is 2.15. The predicted octanol–water partition coefficient (Wildman–Crippen LogP) is 9.37. The molecule has 0 aliphatic carbocycles. The minimum atomic E-state index is -0.127. The second-order valence-corrected chi connectivity index (χ2v) is 9.71. The highest BCUT2D eigenvalue weighted by molar-refractivity contribution is 4.60. The Balaban J connectivity index is 3.28. The molecule has 1 N–H and O–H groups in total. The van der Waals surface area contributed by atoms with Crippen molar-refractivity contribution in [3.05, 3.63) is 0 Å². The van der Waals surface area contributed by atoms with E-state index in [1.54, 1.807) is 0 Å². The summed E-state index contributed by atoms with van der Waals surface area (Å²) >= 11 is 0. The fraction of sp³-hybridized carbons (Fsp3) is 1.00. The third kappa shape index (κ3) is 24.2. The summed E-state index contributed by atoms with van der Waals surface area (Å²) in [7, 11) is 0. The molecule has 0 radical (unpaired) electrons. The number of hydrogen-bond acceptors (Lipinski definition) is 2. The van der Waals surface area contributed by atoms with Gasteiger partial charge in [0.25, 0.3) is 0 Å². The summed E-state index contributed by atoms with van der Waals surface area (Å²) < 4.78 is 5.95. The zero-order chi connectivity index (χ0) is 22.1. The van der Waals surface area contributed by atoms with E-state index >= 15 is 0 Å². The second kappa shape index (κ2) is 25.2. The van der Waals surface area contributed by atoms with Crippen molar-refractivity contribution in [1.82, 2.24) is 0 Å². The molecule has 0 aromatic rings. The van der Waals surface area contributed by atoms with Gasteiger partial charge in [-0.3, -0.25) is 0 Å². The van der Waals surface area contributed by atoms with Crippen LogP contribution in [0.4, 0.5) is 0 Å². The monoisotopic (exact) mass is 426 g/mol. The van der Waals surface area contributed by atoms with E-state index in [0.29, 0.717) is 6.10 Å². The van der Waals surface area contributed by atoms with Crippen LogP contribution < -0.4 is 0 Å². The van der Waals surface area contributed by atoms with E-state index in [4.69, 9.17) is 4.74 Å². The molecule has 0 aliphatic rings. The van der Waals surface area contributed by atoms with Crippen molar-refractivity contribution in [3.8, 4) is 0 Å². The molecule has 0 heterocycles. The molecule has 0 aromatic heterocycles. The van der Waals surface area contributed by atoms with Crippen LogP contribution in [-0.4, -0.2) is 23.9 Å². The maximum atomic E-state index is 10.2. The second-order valence-electron chi connectivity index (χ2n) is 9.71. The van der Waals surface area contributed by atoms with Gasteiger partial charge in [-0.2, -0.15) is 0 Å². The number of aliphatic hydroxyl groups is 1. The van der Waals surface area contributed by atoms with Crippen molar-refractivity contribution in [1.29, 1.82) is 0 Å². The Hall–Kier alpha value is -0.0800. The van der Waals surface area contributed by atoms with Crippen molar-refractivity contribution in [3.63, 3.8) is 0 Å². The summed E-state index contributed by atoms with van der Waals surface area (Å²) in [4.78, 5) is 0. The Bertz CT molecular complexity index is 305. The van der Waals surface area contributed by atoms with E-state index in [1.807, 2.05) is 0 Å². The Labute approximate surface area is 191 Å². The van der Waals surface area contributed by atoms with Gasteiger partial charge in [0.05, 0.1) is 12.2 Å². The summed E-state index contributed by atoms with van der Waals surface area (Å²) in [5.41, 5.74) is 0. The summed E-state index contributed by atoms with van der Waals surface area (Å²) in [6.07, 6.45) is 28.9. The van der Waals surface area contributed by atoms with Crippen LogP contribution in [0.1, 0.15) is 162 Å². The highest BCUT2D eigenvalue weighted by Gasteiger charge is 2.08. The molecule has 2 unspecified atom stereocenters. The van der Waals surface area contributed by atoms with Crippen LogP contribution in [-0.2, 0) is 4.74 Å². The van der Waals surface area contributed by atoms with Crippen molar-refractivity contribution >= 4 is 0 Å². The van der Waals surface area contributed by atoms with Crippen molar-refractivity contribution in [2.45, 2.75) is 174 Å². The quantitative estimate of drug-likeness (QED) is 0.147. The fourth-order valence-corrected chi connectivity index (χ4v) is 4.22. The van der Waals surface area contributed by atoms with Gasteiger partial charge in [0.15, 0.2) is 0 Å². The van der Waals surface area contributed by atoms with Crippen LogP contribution in [0, 0.1) is 0 Å². The molecule has 182 valence electrons. The average molecular weight is 427 g/mol. The van der Waals surface area contributed by atoms with Crippen molar-refractivity contribution in [2.24, 2.45) is 0 Å². The lowest BCUT2D eigenvalue weighted by Crippen LogP contribution is -2.14. The number of unbranched alkanes of at least 4 members (excludes halogenated alkanes) is 17. The van der Waals surface area contributed by atoms with Crippen molar-refractivity contribution < 1.29 is 9.84 Å². The zero-order valence-electron chi connectivity index (χ0n) is 21.3. The van der Waals surface area contributed by atoms with Crippen LogP contribution in [0.2, 0.25) is 0 Å². The van der Waals surface area contributed by atoms with E-state index in [2.05, 4.69) is 20.8 Å². The van der Waals surface area contributed by atoms with Gasteiger partial charge in [0.1, 0.15) is 0 Å². The SMILES string of the molecule is CCCCCCCCCCCCOC(C)CCC(O)CCCCCCCCCCC. The Morgan fingerprint density at radius 3 is 1.37 bits per heavy atom. The molecule has 0 bridgehead atoms. The van der Waals surface area contributed by atoms with Gasteiger partial charge in [0, 0.05) is 6.61 Å². The molecule has 0 amide bonds. The zero-order valence-corrected chi connectivity index (χ0v) is 21.3. The minimum absolute atomic E-state index is 0.127. The number of hydrogen-bond donors (Lipinski definition) is 1. The van der Waals surface area contributed by atoms with E-state index in [1.165, 1.54) is 122 Å². The first kappa shape index (κ1) is 29.9. The first-order valence-electron chi connectivity index (χ1n) is 14.0. The Morgan fingerprint density at radius 2 is 0.900 bits per heavy atom. The number of ether oxygens (including phenoxy) is 1. The molecule has 0 saturated heterocycles. The first-order chi connectivity index (χ1) is 14.7. The number of rotatable bonds is 25. The van der Waals surface area contributed by atoms with Gasteiger partial charge in [-0.05, 0) is 32.6 Å². The van der Waals surface area contributed by atoms with Crippen molar-refractivity contribution in [2.75, 3.05) is 6.61 Å². The third-order valence-electron chi connectivity index (χ3n) is 6.45. The van der Waals surface area contributed by atoms with Gasteiger partial charge >= 0.3 is 0 Å². The van der Waals surface area contributed by atoms with Gasteiger partial charge in [0.2, 0.25) is 0 Å². The van der Waals surface area contributed by atoms with E-state index in [0.717, 1.165) is 25.9 Å². The average Bonchev–Trinajstić information content (AvgIpc) is 2.75. The van der Waals surface area contributed by atoms with Gasteiger partial charge < -0.3 is 9.84 Å². The number of aliphatic hydroxyl groups excluding tert-OH is 1. The van der Waals surface area contributed by atoms with Gasteiger partial charge in [-0.25, -0.2) is 0 Å². The van der Waals surface area contributed by atoms with Gasteiger partial charge in [-0.1, -0.05) is 129 Å². The summed E-state index contributed by atoms with van der Waals surface area (Å²) in [6, 6.07) is 0. The van der Waals surface area contributed by atoms with E-state index < -0.39 is 0 Å². The maximum Gasteiger partial charge on any atom is 0.0547 e. The standard InChI is InChI=1S/C28H58O2/c1-4-6-8-10-12-14-16-18-20-22-26-30-27(3)24-25-28(29)23-21-19-17-15-13-11-9-7-5-2/h27-29H,4-26H2,1-3H3. The predicted molar refractivity (Wildman–Crippen MR) is 134 cm³/mol. The first-order valence-corrected chi connectivity index (χ1v) is 14.0. The van der Waals surface area contributed by atoms with Crippen LogP contribution in [0.25, 0.3) is 0 Å². The Kier molecular flexibility index (Phi) is 25.1. The normalized spacial score (nSPS) is 13.6. The van der Waals surface area contributed by atoms with Gasteiger partial charge in [-0.15, -0.1) is 0 Å². The molecule has 0 saturated carbocycles. The van der Waals surface area contributed by atoms with E-state index in [9.17, 15) is 5.11 Å². The van der Waals surface area contributed by atoms with Crippen LogP contribution in [0.5, 0.6) is 0 Å². The lowest BCUT2D eigenvalue weighted by molar-refractivity contribution is 0.0427. The molecule has 0 aliphatic heterocycles. The molecule has 2 atom stereocenters. The fourth-order valence-electron chi connectivity index (χ4n) is 4.22. The van der Waals surface area contributed by atoms with E-state index in [-0.39, 0.29) is 6.10 Å².